The van der Waals surface area contributed by atoms with Crippen molar-refractivity contribution in [1.29, 1.82) is 0 Å². The molecule has 3 N–H and O–H groups in total. The van der Waals surface area contributed by atoms with Crippen molar-refractivity contribution in [3.05, 3.63) is 75.9 Å². The predicted octanol–water partition coefficient (Wildman–Crippen LogP) is 3.39. The highest BCUT2D eigenvalue weighted by molar-refractivity contribution is 7.11. The van der Waals surface area contributed by atoms with Crippen LogP contribution in [0.3, 0.4) is 0 Å². The fourth-order valence-corrected chi connectivity index (χ4v) is 3.71. The summed E-state index contributed by atoms with van der Waals surface area (Å²) >= 11 is 1.70. The number of nitrogens with one attached hydrogen (secondary N) is 1. The van der Waals surface area contributed by atoms with Gasteiger partial charge in [-0.05, 0) is 43.3 Å². The lowest BCUT2D eigenvalue weighted by atomic mass is 10.1. The van der Waals surface area contributed by atoms with E-state index in [2.05, 4.69) is 24.4 Å². The number of furan rings is 1. The average Bonchev–Trinajstić information content (AvgIpc) is 3.27. The number of amides is 2. The van der Waals surface area contributed by atoms with E-state index >= 15 is 0 Å². The number of nitrogens with zero attached hydrogens (tertiary/aromatic N) is 1. The van der Waals surface area contributed by atoms with Crippen LogP contribution in [-0.2, 0) is 17.9 Å². The first-order valence-corrected chi connectivity index (χ1v) is 9.31. The SMILES string of the molecule is Cc1ccc(CN(CC(=O)Nc2ccccc2C(N)=O)Cc2ccco2)s1. The molecule has 3 aromatic rings. The molecule has 6 nitrogen and oxygen atoms in total. The molecule has 0 saturated heterocycles. The summed E-state index contributed by atoms with van der Waals surface area (Å²) in [5.41, 5.74) is 6.08. The van der Waals surface area contributed by atoms with Gasteiger partial charge in [0.05, 0.1) is 30.6 Å². The van der Waals surface area contributed by atoms with Crippen molar-refractivity contribution in [3.8, 4) is 0 Å². The van der Waals surface area contributed by atoms with Gasteiger partial charge in [-0.1, -0.05) is 12.1 Å². The third-order valence-corrected chi connectivity index (χ3v) is 4.95. The second-order valence-electron chi connectivity index (χ2n) is 6.19. The van der Waals surface area contributed by atoms with Crippen molar-refractivity contribution >= 4 is 28.8 Å². The molecule has 3 rings (SSSR count). The standard InChI is InChI=1S/C20H21N3O3S/c1-14-8-9-16(27-14)12-23(11-15-5-4-10-26-15)13-19(24)22-18-7-3-2-6-17(18)20(21)25/h2-10H,11-13H2,1H3,(H2,21,25)(H,22,24). The van der Waals surface area contributed by atoms with E-state index in [1.807, 2.05) is 17.0 Å². The summed E-state index contributed by atoms with van der Waals surface area (Å²) in [5, 5.41) is 2.78. The van der Waals surface area contributed by atoms with E-state index in [-0.39, 0.29) is 18.0 Å². The Hall–Kier alpha value is -2.90. The van der Waals surface area contributed by atoms with Gasteiger partial charge in [-0.25, -0.2) is 0 Å². The molecule has 2 amide bonds. The molecule has 0 spiro atoms. The fourth-order valence-electron chi connectivity index (χ4n) is 2.78. The quantitative estimate of drug-likeness (QED) is 0.624. The fraction of sp³-hybridized carbons (Fsp3) is 0.200. The third kappa shape index (κ3) is 5.29. The number of benzene rings is 1. The monoisotopic (exact) mass is 383 g/mol. The molecule has 27 heavy (non-hydrogen) atoms. The van der Waals surface area contributed by atoms with Crippen molar-refractivity contribution < 1.29 is 14.0 Å². The number of hydrogen-bond acceptors (Lipinski definition) is 5. The zero-order valence-corrected chi connectivity index (χ0v) is 15.8. The number of hydrogen-bond donors (Lipinski definition) is 2. The van der Waals surface area contributed by atoms with Gasteiger partial charge in [0, 0.05) is 16.3 Å². The van der Waals surface area contributed by atoms with Gasteiger partial charge < -0.3 is 15.5 Å². The molecule has 2 aromatic heterocycles. The maximum absolute atomic E-state index is 12.6. The number of aryl methyl sites for hydroxylation is 1. The number of primary amides is 1. The van der Waals surface area contributed by atoms with Crippen LogP contribution in [0.15, 0.2) is 59.2 Å². The maximum Gasteiger partial charge on any atom is 0.250 e. The highest BCUT2D eigenvalue weighted by Gasteiger charge is 2.16. The maximum atomic E-state index is 12.6. The molecule has 0 unspecified atom stereocenters. The minimum absolute atomic E-state index is 0.157. The number of carbonyl (C=O) groups is 2. The summed E-state index contributed by atoms with van der Waals surface area (Å²) in [6.07, 6.45) is 1.62. The normalized spacial score (nSPS) is 10.9. The summed E-state index contributed by atoms with van der Waals surface area (Å²) in [7, 11) is 0. The Bertz CT molecular complexity index is 918. The molecule has 0 aliphatic carbocycles. The lowest BCUT2D eigenvalue weighted by molar-refractivity contribution is -0.117. The minimum Gasteiger partial charge on any atom is -0.468 e. The molecule has 2 heterocycles. The first kappa shape index (κ1) is 18.9. The Balaban J connectivity index is 1.71. The van der Waals surface area contributed by atoms with Gasteiger partial charge in [-0.2, -0.15) is 0 Å². The van der Waals surface area contributed by atoms with Crippen LogP contribution in [0.25, 0.3) is 0 Å². The van der Waals surface area contributed by atoms with Crippen LogP contribution < -0.4 is 11.1 Å². The van der Waals surface area contributed by atoms with E-state index in [1.165, 1.54) is 9.75 Å². The number of thiophene rings is 1. The molecule has 1 aromatic carbocycles. The van der Waals surface area contributed by atoms with E-state index in [1.54, 1.807) is 41.9 Å². The van der Waals surface area contributed by atoms with Gasteiger partial charge in [0.2, 0.25) is 5.91 Å². The van der Waals surface area contributed by atoms with Crippen molar-refractivity contribution in [3.63, 3.8) is 0 Å². The largest absolute Gasteiger partial charge is 0.468 e. The lowest BCUT2D eigenvalue weighted by Gasteiger charge is -2.20. The van der Waals surface area contributed by atoms with Gasteiger partial charge >= 0.3 is 0 Å². The van der Waals surface area contributed by atoms with Crippen LogP contribution in [0, 0.1) is 6.92 Å². The molecule has 0 aliphatic heterocycles. The summed E-state index contributed by atoms with van der Waals surface area (Å²) < 4.78 is 5.43. The lowest BCUT2D eigenvalue weighted by Crippen LogP contribution is -2.32. The highest BCUT2D eigenvalue weighted by atomic mass is 32.1. The van der Waals surface area contributed by atoms with E-state index in [4.69, 9.17) is 10.2 Å². The molecule has 7 heteroatoms. The Morgan fingerprint density at radius 2 is 1.93 bits per heavy atom. The van der Waals surface area contributed by atoms with Gasteiger partial charge in [-0.15, -0.1) is 11.3 Å². The smallest absolute Gasteiger partial charge is 0.250 e. The van der Waals surface area contributed by atoms with Crippen molar-refractivity contribution in [2.24, 2.45) is 5.73 Å². The van der Waals surface area contributed by atoms with Gasteiger partial charge in [0.15, 0.2) is 0 Å². The highest BCUT2D eigenvalue weighted by Crippen LogP contribution is 2.19. The molecule has 0 saturated carbocycles. The summed E-state index contributed by atoms with van der Waals surface area (Å²) in [4.78, 5) is 28.5. The number of carbonyl (C=O) groups excluding carboxylic acids is 2. The third-order valence-electron chi connectivity index (χ3n) is 3.97. The average molecular weight is 383 g/mol. The number of rotatable bonds is 8. The summed E-state index contributed by atoms with van der Waals surface area (Å²) in [5.74, 6) is -0.00968. The molecule has 140 valence electrons. The molecule has 0 radical (unpaired) electrons. The first-order valence-electron chi connectivity index (χ1n) is 8.50. The second-order valence-corrected chi connectivity index (χ2v) is 7.57. The molecule has 0 aliphatic rings. The van der Waals surface area contributed by atoms with Crippen LogP contribution >= 0.6 is 11.3 Å². The van der Waals surface area contributed by atoms with Gasteiger partial charge in [0.1, 0.15) is 5.76 Å². The van der Waals surface area contributed by atoms with Crippen LogP contribution in [-0.4, -0.2) is 23.3 Å². The molecular weight excluding hydrogens is 362 g/mol. The summed E-state index contributed by atoms with van der Waals surface area (Å²) in [6, 6.07) is 14.5. The van der Waals surface area contributed by atoms with E-state index in [0.717, 1.165) is 5.76 Å². The molecule has 0 bridgehead atoms. The minimum atomic E-state index is -0.576. The Morgan fingerprint density at radius 3 is 2.59 bits per heavy atom. The zero-order valence-electron chi connectivity index (χ0n) is 15.0. The zero-order chi connectivity index (χ0) is 19.2. The number of para-hydroxylation sites is 1. The van der Waals surface area contributed by atoms with Crippen molar-refractivity contribution in [2.75, 3.05) is 11.9 Å². The van der Waals surface area contributed by atoms with E-state index in [9.17, 15) is 9.59 Å². The predicted molar refractivity (Wildman–Crippen MR) is 105 cm³/mol. The topological polar surface area (TPSA) is 88.6 Å². The molecular formula is C20H21N3O3S. The Kier molecular flexibility index (Phi) is 6.05. The summed E-state index contributed by atoms with van der Waals surface area (Å²) in [6.45, 7) is 3.35. The van der Waals surface area contributed by atoms with Gasteiger partial charge in [-0.3, -0.25) is 14.5 Å². The number of anilines is 1. The van der Waals surface area contributed by atoms with Gasteiger partial charge in [0.25, 0.3) is 5.91 Å². The van der Waals surface area contributed by atoms with Crippen LogP contribution in [0.1, 0.15) is 25.9 Å². The second kappa shape index (κ2) is 8.66. The van der Waals surface area contributed by atoms with E-state index < -0.39 is 5.91 Å². The van der Waals surface area contributed by atoms with Crippen molar-refractivity contribution in [1.82, 2.24) is 4.90 Å². The van der Waals surface area contributed by atoms with E-state index in [0.29, 0.717) is 18.8 Å². The van der Waals surface area contributed by atoms with Crippen molar-refractivity contribution in [2.45, 2.75) is 20.0 Å². The van der Waals surface area contributed by atoms with Crippen LogP contribution in [0.5, 0.6) is 0 Å². The van der Waals surface area contributed by atoms with Crippen LogP contribution in [0.2, 0.25) is 0 Å². The Morgan fingerprint density at radius 1 is 1.11 bits per heavy atom. The number of nitrogens with two attached hydrogens (primary N) is 1. The van der Waals surface area contributed by atoms with Crippen LogP contribution in [0.4, 0.5) is 5.69 Å². The molecule has 0 fully saturated rings. The first-order chi connectivity index (χ1) is 13.0. The molecule has 0 atom stereocenters. The Labute approximate surface area is 161 Å².